The minimum Gasteiger partial charge on any atom is -0.483 e. The zero-order chi connectivity index (χ0) is 16.2. The van der Waals surface area contributed by atoms with Crippen LogP contribution in [0.2, 0.25) is 0 Å². The second-order valence-corrected chi connectivity index (χ2v) is 7.27. The molecule has 1 saturated carbocycles. The number of halogens is 1. The molecule has 0 spiro atoms. The van der Waals surface area contributed by atoms with E-state index in [1.165, 1.54) is 0 Å². The first-order valence-electron chi connectivity index (χ1n) is 8.10. The molecular weight excluding hydrogens is 312 g/mol. The van der Waals surface area contributed by atoms with Crippen molar-refractivity contribution in [1.29, 1.82) is 0 Å². The van der Waals surface area contributed by atoms with E-state index in [1.54, 1.807) is 0 Å². The highest BCUT2D eigenvalue weighted by Crippen LogP contribution is 2.31. The summed E-state index contributed by atoms with van der Waals surface area (Å²) in [5.41, 5.74) is 6.72. The van der Waals surface area contributed by atoms with Crippen molar-refractivity contribution in [2.24, 2.45) is 5.73 Å². The molecule has 5 heteroatoms. The van der Waals surface area contributed by atoms with Crippen LogP contribution in [-0.2, 0) is 10.2 Å². The molecule has 0 heterocycles. The van der Waals surface area contributed by atoms with Crippen LogP contribution in [0.3, 0.4) is 0 Å². The predicted octanol–water partition coefficient (Wildman–Crippen LogP) is 3.17. The average Bonchev–Trinajstić information content (AvgIpc) is 2.93. The third-order valence-electron chi connectivity index (χ3n) is 4.41. The standard InChI is InChI=1S/C18H28N2O2.ClH/c1-17(2,3)14-8-4-5-9-15(14)22-12-16(21)20-18(13-19)10-6-7-11-18;/h4-5,8-9H,6-7,10-13,19H2,1-3H3,(H,20,21);1H. The van der Waals surface area contributed by atoms with Crippen LogP contribution in [0, 0.1) is 0 Å². The van der Waals surface area contributed by atoms with Gasteiger partial charge in [-0.3, -0.25) is 4.79 Å². The van der Waals surface area contributed by atoms with Crippen LogP contribution in [0.25, 0.3) is 0 Å². The molecule has 1 fully saturated rings. The summed E-state index contributed by atoms with van der Waals surface area (Å²) in [5, 5.41) is 3.08. The molecule has 0 saturated heterocycles. The van der Waals surface area contributed by atoms with Gasteiger partial charge >= 0.3 is 0 Å². The van der Waals surface area contributed by atoms with Gasteiger partial charge in [0.15, 0.2) is 6.61 Å². The summed E-state index contributed by atoms with van der Waals surface area (Å²) >= 11 is 0. The summed E-state index contributed by atoms with van der Waals surface area (Å²) in [6, 6.07) is 7.89. The Balaban J connectivity index is 0.00000264. The van der Waals surface area contributed by atoms with Crippen LogP contribution in [-0.4, -0.2) is 24.6 Å². The summed E-state index contributed by atoms with van der Waals surface area (Å²) in [7, 11) is 0. The van der Waals surface area contributed by atoms with Crippen molar-refractivity contribution in [3.8, 4) is 5.75 Å². The first-order chi connectivity index (χ1) is 10.4. The molecule has 130 valence electrons. The van der Waals surface area contributed by atoms with Crippen LogP contribution in [0.5, 0.6) is 5.75 Å². The van der Waals surface area contributed by atoms with Gasteiger partial charge in [-0.15, -0.1) is 12.4 Å². The lowest BCUT2D eigenvalue weighted by molar-refractivity contribution is -0.125. The lowest BCUT2D eigenvalue weighted by Crippen LogP contribution is -2.52. The Morgan fingerprint density at radius 2 is 1.87 bits per heavy atom. The number of nitrogens with one attached hydrogen (secondary N) is 1. The van der Waals surface area contributed by atoms with Crippen LogP contribution in [0.4, 0.5) is 0 Å². The molecule has 3 N–H and O–H groups in total. The van der Waals surface area contributed by atoms with Crippen LogP contribution in [0.15, 0.2) is 24.3 Å². The van der Waals surface area contributed by atoms with Crippen molar-refractivity contribution in [2.75, 3.05) is 13.2 Å². The SMILES string of the molecule is CC(C)(C)c1ccccc1OCC(=O)NC1(CN)CCCC1.Cl. The van der Waals surface area contributed by atoms with E-state index in [1.807, 2.05) is 24.3 Å². The highest BCUT2D eigenvalue weighted by molar-refractivity contribution is 5.85. The van der Waals surface area contributed by atoms with Gasteiger partial charge in [0.25, 0.3) is 5.91 Å². The number of para-hydroxylation sites is 1. The third-order valence-corrected chi connectivity index (χ3v) is 4.41. The minimum absolute atomic E-state index is 0. The van der Waals surface area contributed by atoms with Crippen LogP contribution in [0.1, 0.15) is 52.0 Å². The van der Waals surface area contributed by atoms with Gasteiger partial charge in [0.2, 0.25) is 0 Å². The zero-order valence-corrected chi connectivity index (χ0v) is 15.2. The number of nitrogens with two attached hydrogens (primary N) is 1. The predicted molar refractivity (Wildman–Crippen MR) is 96.3 cm³/mol. The van der Waals surface area contributed by atoms with E-state index in [-0.39, 0.29) is 35.9 Å². The summed E-state index contributed by atoms with van der Waals surface area (Å²) < 4.78 is 5.77. The maximum atomic E-state index is 12.2. The second-order valence-electron chi connectivity index (χ2n) is 7.27. The Kier molecular flexibility index (Phi) is 6.90. The van der Waals surface area contributed by atoms with E-state index < -0.39 is 0 Å². The largest absolute Gasteiger partial charge is 0.483 e. The van der Waals surface area contributed by atoms with Gasteiger partial charge in [-0.05, 0) is 29.9 Å². The van der Waals surface area contributed by atoms with Crippen molar-refractivity contribution in [1.82, 2.24) is 5.32 Å². The molecule has 0 aromatic heterocycles. The highest BCUT2D eigenvalue weighted by atomic mass is 35.5. The Morgan fingerprint density at radius 1 is 1.26 bits per heavy atom. The van der Waals surface area contributed by atoms with E-state index in [2.05, 4.69) is 26.1 Å². The molecule has 1 aliphatic carbocycles. The summed E-state index contributed by atoms with van der Waals surface area (Å²) in [6.07, 6.45) is 4.19. The molecule has 1 aromatic carbocycles. The molecule has 4 nitrogen and oxygen atoms in total. The quantitative estimate of drug-likeness (QED) is 0.865. The number of hydrogen-bond acceptors (Lipinski definition) is 3. The number of carbonyl (C=O) groups excluding carboxylic acids is 1. The average molecular weight is 341 g/mol. The molecule has 0 atom stereocenters. The first-order valence-corrected chi connectivity index (χ1v) is 8.10. The number of carbonyl (C=O) groups is 1. The van der Waals surface area contributed by atoms with Gasteiger partial charge in [0.1, 0.15) is 5.75 Å². The van der Waals surface area contributed by atoms with Crippen molar-refractivity contribution in [3.05, 3.63) is 29.8 Å². The molecule has 23 heavy (non-hydrogen) atoms. The van der Waals surface area contributed by atoms with Gasteiger partial charge in [0, 0.05) is 6.54 Å². The number of benzene rings is 1. The fourth-order valence-corrected chi connectivity index (χ4v) is 3.12. The molecule has 1 amide bonds. The van der Waals surface area contributed by atoms with Crippen molar-refractivity contribution < 1.29 is 9.53 Å². The molecule has 1 aromatic rings. The summed E-state index contributed by atoms with van der Waals surface area (Å²) in [6.45, 7) is 6.94. The third kappa shape index (κ3) is 5.11. The molecule has 1 aliphatic rings. The number of rotatable bonds is 5. The summed E-state index contributed by atoms with van der Waals surface area (Å²) in [4.78, 5) is 12.2. The first kappa shape index (κ1) is 19.8. The fraction of sp³-hybridized carbons (Fsp3) is 0.611. The Labute approximate surface area is 145 Å². The topological polar surface area (TPSA) is 64.3 Å². The Hall–Kier alpha value is -1.26. The molecule has 0 radical (unpaired) electrons. The maximum absolute atomic E-state index is 12.2. The Morgan fingerprint density at radius 3 is 2.43 bits per heavy atom. The minimum atomic E-state index is -0.218. The van der Waals surface area contributed by atoms with Gasteiger partial charge in [-0.2, -0.15) is 0 Å². The van der Waals surface area contributed by atoms with E-state index in [4.69, 9.17) is 10.5 Å². The van der Waals surface area contributed by atoms with Gasteiger partial charge in [-0.25, -0.2) is 0 Å². The molecule has 2 rings (SSSR count). The normalized spacial score (nSPS) is 16.5. The number of hydrogen-bond donors (Lipinski definition) is 2. The fourth-order valence-electron chi connectivity index (χ4n) is 3.12. The van der Waals surface area contributed by atoms with Crippen LogP contribution < -0.4 is 15.8 Å². The van der Waals surface area contributed by atoms with Crippen molar-refractivity contribution in [2.45, 2.75) is 57.4 Å². The van der Waals surface area contributed by atoms with Gasteiger partial charge < -0.3 is 15.8 Å². The lowest BCUT2D eigenvalue weighted by atomic mass is 9.86. The molecular formula is C18H29ClN2O2. The zero-order valence-electron chi connectivity index (χ0n) is 14.4. The number of ether oxygens (including phenoxy) is 1. The van der Waals surface area contributed by atoms with Gasteiger partial charge in [0.05, 0.1) is 5.54 Å². The smallest absolute Gasteiger partial charge is 0.258 e. The van der Waals surface area contributed by atoms with E-state index in [0.717, 1.165) is 37.0 Å². The molecule has 0 unspecified atom stereocenters. The van der Waals surface area contributed by atoms with Crippen molar-refractivity contribution >= 4 is 18.3 Å². The summed E-state index contributed by atoms with van der Waals surface area (Å²) in [5.74, 6) is 0.689. The number of amides is 1. The monoisotopic (exact) mass is 340 g/mol. The Bertz CT molecular complexity index is 520. The van der Waals surface area contributed by atoms with Crippen LogP contribution >= 0.6 is 12.4 Å². The molecule has 0 aliphatic heterocycles. The second kappa shape index (κ2) is 8.02. The molecule has 0 bridgehead atoms. The van der Waals surface area contributed by atoms with Gasteiger partial charge in [-0.1, -0.05) is 51.8 Å². The van der Waals surface area contributed by atoms with E-state index in [0.29, 0.717) is 6.54 Å². The van der Waals surface area contributed by atoms with Crippen molar-refractivity contribution in [3.63, 3.8) is 0 Å². The highest BCUT2D eigenvalue weighted by Gasteiger charge is 2.33. The maximum Gasteiger partial charge on any atom is 0.258 e. The lowest BCUT2D eigenvalue weighted by Gasteiger charge is -2.29. The van der Waals surface area contributed by atoms with E-state index in [9.17, 15) is 4.79 Å². The van der Waals surface area contributed by atoms with E-state index >= 15 is 0 Å².